The van der Waals surface area contributed by atoms with Crippen LogP contribution in [0, 0.1) is 0 Å². The number of amides is 3. The van der Waals surface area contributed by atoms with Crippen molar-refractivity contribution in [3.05, 3.63) is 57.8 Å². The smallest absolute Gasteiger partial charge is 0.407 e. The lowest BCUT2D eigenvalue weighted by Crippen LogP contribution is -2.45. The highest BCUT2D eigenvalue weighted by atomic mass is 32.1. The van der Waals surface area contributed by atoms with Gasteiger partial charge in [-0.15, -0.1) is 11.3 Å². The van der Waals surface area contributed by atoms with E-state index in [1.165, 1.54) is 21.1 Å². The van der Waals surface area contributed by atoms with Crippen LogP contribution in [0.15, 0.2) is 41.8 Å². The molecular weight excluding hydrogens is 382 g/mol. The molecule has 1 aliphatic heterocycles. The number of thiophene rings is 1. The molecule has 3 amide bonds. The van der Waals surface area contributed by atoms with Crippen LogP contribution >= 0.6 is 11.3 Å². The zero-order valence-corrected chi connectivity index (χ0v) is 15.9. The molecule has 1 fully saturated rings. The Balaban J connectivity index is 1.67. The Kier molecular flexibility index (Phi) is 6.27. The molecule has 1 aliphatic rings. The summed E-state index contributed by atoms with van der Waals surface area (Å²) in [4.78, 5) is 39.6. The second-order valence-corrected chi connectivity index (χ2v) is 7.58. The van der Waals surface area contributed by atoms with Crippen molar-refractivity contribution >= 4 is 29.2 Å². The maximum atomic E-state index is 12.7. The van der Waals surface area contributed by atoms with Crippen molar-refractivity contribution in [1.82, 2.24) is 15.3 Å². The molecule has 28 heavy (non-hydrogen) atoms. The maximum Gasteiger partial charge on any atom is 0.407 e. The van der Waals surface area contributed by atoms with Gasteiger partial charge in [-0.2, -0.15) is 0 Å². The van der Waals surface area contributed by atoms with Crippen molar-refractivity contribution in [2.45, 2.75) is 32.0 Å². The number of carbonyl (C=O) groups is 3. The average Bonchev–Trinajstić information content (AvgIpc) is 3.38. The minimum absolute atomic E-state index is 0.209. The number of benzene rings is 1. The third kappa shape index (κ3) is 4.49. The van der Waals surface area contributed by atoms with Gasteiger partial charge in [-0.25, -0.2) is 10.3 Å². The summed E-state index contributed by atoms with van der Waals surface area (Å²) < 4.78 is 0. The van der Waals surface area contributed by atoms with Gasteiger partial charge in [0.15, 0.2) is 0 Å². The quantitative estimate of drug-likeness (QED) is 0.507. The Labute approximate surface area is 166 Å². The number of nitrogens with one attached hydrogen (secondary N) is 1. The van der Waals surface area contributed by atoms with Crippen LogP contribution in [0.1, 0.15) is 33.6 Å². The van der Waals surface area contributed by atoms with Crippen molar-refractivity contribution in [2.24, 2.45) is 0 Å². The topological polar surface area (TPSA) is 110 Å². The summed E-state index contributed by atoms with van der Waals surface area (Å²) in [6.45, 7) is 0.965. The fraction of sp³-hybridized carbons (Fsp3) is 0.316. The SMILES string of the molecule is O=C(NO)[C@@H]1CCCN1C(=O)c1ccc(CN(Cc2cccs2)C(=O)O)cc1. The van der Waals surface area contributed by atoms with Gasteiger partial charge < -0.3 is 10.0 Å². The lowest BCUT2D eigenvalue weighted by atomic mass is 10.1. The van der Waals surface area contributed by atoms with Gasteiger partial charge in [0.1, 0.15) is 6.04 Å². The molecule has 0 radical (unpaired) electrons. The minimum atomic E-state index is -1.01. The number of nitrogens with zero attached hydrogens (tertiary/aromatic N) is 2. The first-order valence-corrected chi connectivity index (χ1v) is 9.71. The van der Waals surface area contributed by atoms with Crippen LogP contribution in [0.4, 0.5) is 4.79 Å². The largest absolute Gasteiger partial charge is 0.465 e. The highest BCUT2D eigenvalue weighted by Gasteiger charge is 2.34. The van der Waals surface area contributed by atoms with Crippen molar-refractivity contribution < 1.29 is 24.7 Å². The molecule has 0 unspecified atom stereocenters. The second-order valence-electron chi connectivity index (χ2n) is 6.55. The molecule has 148 valence electrons. The molecule has 0 spiro atoms. The molecule has 0 saturated carbocycles. The van der Waals surface area contributed by atoms with E-state index in [2.05, 4.69) is 0 Å². The third-order valence-corrected chi connectivity index (χ3v) is 5.56. The van der Waals surface area contributed by atoms with E-state index in [0.29, 0.717) is 31.5 Å². The molecule has 2 aromatic rings. The molecule has 2 heterocycles. The Morgan fingerprint density at radius 2 is 1.93 bits per heavy atom. The summed E-state index contributed by atoms with van der Waals surface area (Å²) >= 11 is 1.50. The molecule has 3 N–H and O–H groups in total. The molecule has 8 nitrogen and oxygen atoms in total. The van der Waals surface area contributed by atoms with Crippen LogP contribution in [0.3, 0.4) is 0 Å². The Hall–Kier alpha value is -2.91. The summed E-state index contributed by atoms with van der Waals surface area (Å²) in [5.41, 5.74) is 2.79. The Morgan fingerprint density at radius 1 is 1.18 bits per heavy atom. The molecule has 1 saturated heterocycles. The van der Waals surface area contributed by atoms with Crippen molar-refractivity contribution in [3.8, 4) is 0 Å². The van der Waals surface area contributed by atoms with Gasteiger partial charge in [-0.1, -0.05) is 18.2 Å². The van der Waals surface area contributed by atoms with E-state index >= 15 is 0 Å². The molecule has 1 aromatic carbocycles. The normalized spacial score (nSPS) is 16.0. The Morgan fingerprint density at radius 3 is 2.54 bits per heavy atom. The first-order valence-electron chi connectivity index (χ1n) is 8.83. The van der Waals surface area contributed by atoms with Gasteiger partial charge in [-0.3, -0.25) is 19.7 Å². The zero-order chi connectivity index (χ0) is 20.1. The summed E-state index contributed by atoms with van der Waals surface area (Å²) in [6, 6.07) is 9.79. The molecule has 0 bridgehead atoms. The monoisotopic (exact) mass is 403 g/mol. The average molecular weight is 403 g/mol. The van der Waals surface area contributed by atoms with E-state index in [4.69, 9.17) is 5.21 Å². The zero-order valence-electron chi connectivity index (χ0n) is 15.1. The van der Waals surface area contributed by atoms with E-state index < -0.39 is 18.0 Å². The van der Waals surface area contributed by atoms with Gasteiger partial charge in [-0.05, 0) is 42.0 Å². The third-order valence-electron chi connectivity index (χ3n) is 4.70. The van der Waals surface area contributed by atoms with E-state index in [1.54, 1.807) is 29.7 Å². The maximum absolute atomic E-state index is 12.7. The lowest BCUT2D eigenvalue weighted by molar-refractivity contribution is -0.133. The first-order chi connectivity index (χ1) is 13.5. The predicted molar refractivity (Wildman–Crippen MR) is 102 cm³/mol. The first kappa shape index (κ1) is 19.8. The van der Waals surface area contributed by atoms with Gasteiger partial charge in [0.05, 0.1) is 6.54 Å². The number of carbonyl (C=O) groups excluding carboxylic acids is 2. The van der Waals surface area contributed by atoms with Crippen molar-refractivity contribution in [1.29, 1.82) is 0 Å². The van der Waals surface area contributed by atoms with Crippen LogP contribution in [0.25, 0.3) is 0 Å². The number of carboxylic acid groups (broad SMARTS) is 1. The van der Waals surface area contributed by atoms with Crippen LogP contribution in [0.2, 0.25) is 0 Å². The van der Waals surface area contributed by atoms with Gasteiger partial charge in [0, 0.05) is 23.5 Å². The summed E-state index contributed by atoms with van der Waals surface area (Å²) in [5, 5.41) is 20.2. The number of rotatable bonds is 6. The van der Waals surface area contributed by atoms with E-state index in [9.17, 15) is 19.5 Å². The molecule has 1 atom stereocenters. The molecule has 3 rings (SSSR count). The van der Waals surface area contributed by atoms with Gasteiger partial charge in [0.25, 0.3) is 11.8 Å². The van der Waals surface area contributed by atoms with Crippen molar-refractivity contribution in [2.75, 3.05) is 6.54 Å². The molecule has 0 aliphatic carbocycles. The van der Waals surface area contributed by atoms with E-state index in [-0.39, 0.29) is 12.5 Å². The van der Waals surface area contributed by atoms with Crippen LogP contribution in [-0.2, 0) is 17.9 Å². The Bertz CT molecular complexity index is 838. The van der Waals surface area contributed by atoms with E-state index in [0.717, 1.165) is 10.4 Å². The number of likely N-dealkylation sites (tertiary alicyclic amines) is 1. The van der Waals surface area contributed by atoms with E-state index in [1.807, 2.05) is 17.5 Å². The van der Waals surface area contributed by atoms with Crippen LogP contribution < -0.4 is 5.48 Å². The van der Waals surface area contributed by atoms with Gasteiger partial charge in [0.2, 0.25) is 0 Å². The standard InChI is InChI=1S/C19H21N3O5S/c23-17(20-27)16-4-1-9-22(16)18(24)14-7-5-13(6-8-14)11-21(19(25)26)12-15-3-2-10-28-15/h2-3,5-8,10,16,27H,1,4,9,11-12H2,(H,20,23)(H,25,26)/t16-/m0/s1. The number of hydrogen-bond donors (Lipinski definition) is 3. The highest BCUT2D eigenvalue weighted by molar-refractivity contribution is 7.09. The van der Waals surface area contributed by atoms with Crippen LogP contribution in [0.5, 0.6) is 0 Å². The molecular formula is C19H21N3O5S. The summed E-state index contributed by atoms with van der Waals surface area (Å²) in [6.07, 6.45) is 0.188. The fourth-order valence-electron chi connectivity index (χ4n) is 3.28. The predicted octanol–water partition coefficient (Wildman–Crippen LogP) is 2.54. The van der Waals surface area contributed by atoms with Gasteiger partial charge >= 0.3 is 6.09 Å². The summed E-state index contributed by atoms with van der Waals surface area (Å²) in [7, 11) is 0. The highest BCUT2D eigenvalue weighted by Crippen LogP contribution is 2.21. The fourth-order valence-corrected chi connectivity index (χ4v) is 4.00. The van der Waals surface area contributed by atoms with Crippen molar-refractivity contribution in [3.63, 3.8) is 0 Å². The molecule has 1 aromatic heterocycles. The minimum Gasteiger partial charge on any atom is -0.465 e. The molecule has 9 heteroatoms. The number of hydrogen-bond acceptors (Lipinski definition) is 5. The lowest BCUT2D eigenvalue weighted by Gasteiger charge is -2.23. The number of hydroxylamine groups is 1. The second kappa shape index (κ2) is 8.85. The van der Waals surface area contributed by atoms with Crippen LogP contribution in [-0.4, -0.2) is 50.6 Å². The summed E-state index contributed by atoms with van der Waals surface area (Å²) in [5.74, 6) is -0.875.